The van der Waals surface area contributed by atoms with Crippen LogP contribution in [-0.2, 0) is 5.41 Å². The maximum atomic E-state index is 9.44. The molecular weight excluding hydrogens is 412 g/mol. The lowest BCUT2D eigenvalue weighted by Crippen LogP contribution is -2.32. The van der Waals surface area contributed by atoms with Crippen LogP contribution in [0.5, 0.6) is 11.5 Å². The predicted molar refractivity (Wildman–Crippen MR) is 130 cm³/mol. The number of hydrogen-bond donors (Lipinski definition) is 2. The molecule has 0 heterocycles. The summed E-state index contributed by atoms with van der Waals surface area (Å²) in [6, 6.07) is 36.4. The molecule has 0 bridgehead atoms. The van der Waals surface area contributed by atoms with E-state index in [1.165, 1.54) is 0 Å². The maximum Gasteiger partial charge on any atom is 0.124 e. The van der Waals surface area contributed by atoms with E-state index in [0.29, 0.717) is 11.5 Å². The van der Waals surface area contributed by atoms with Crippen LogP contribution >= 0.6 is 0 Å². The molecule has 0 aliphatic rings. The third-order valence-corrected chi connectivity index (χ3v) is 5.69. The van der Waals surface area contributed by atoms with Gasteiger partial charge in [-0.05, 0) is 23.3 Å². The van der Waals surface area contributed by atoms with Gasteiger partial charge in [0.2, 0.25) is 0 Å². The van der Waals surface area contributed by atoms with Gasteiger partial charge < -0.3 is 19.7 Å². The summed E-state index contributed by atoms with van der Waals surface area (Å²) < 4.78 is 12.1. The van der Waals surface area contributed by atoms with Crippen LogP contribution in [0.25, 0.3) is 0 Å². The number of aliphatic hydroxyl groups excluding tert-OH is 2. The second-order valence-electron chi connectivity index (χ2n) is 7.62. The van der Waals surface area contributed by atoms with Gasteiger partial charge in [0.15, 0.2) is 0 Å². The van der Waals surface area contributed by atoms with Crippen LogP contribution in [0.2, 0.25) is 0 Å². The monoisotopic (exact) mass is 440 g/mol. The molecule has 0 aliphatic heterocycles. The van der Waals surface area contributed by atoms with Crippen LogP contribution in [0.4, 0.5) is 0 Å². The minimum atomic E-state index is -0.763. The Balaban J connectivity index is 2.12. The standard InChI is InChI=1S/C29H28O4/c30-19-21-32-27-17-9-7-15-25(27)29(23-11-3-1-4-12-23,24-13-5-2-6-14-24)26-16-8-10-18-28(26)33-22-20-31/h1-18,30-31H,19-22H2. The van der Waals surface area contributed by atoms with E-state index in [1.807, 2.05) is 72.8 Å². The largest absolute Gasteiger partial charge is 0.491 e. The van der Waals surface area contributed by atoms with Crippen LogP contribution in [0.3, 0.4) is 0 Å². The zero-order valence-corrected chi connectivity index (χ0v) is 18.4. The Labute approximate surface area is 194 Å². The van der Waals surface area contributed by atoms with Crippen molar-refractivity contribution in [2.45, 2.75) is 5.41 Å². The Morgan fingerprint density at radius 1 is 0.485 bits per heavy atom. The van der Waals surface area contributed by atoms with E-state index in [4.69, 9.17) is 9.47 Å². The van der Waals surface area contributed by atoms with Crippen molar-refractivity contribution in [3.8, 4) is 11.5 Å². The topological polar surface area (TPSA) is 58.9 Å². The van der Waals surface area contributed by atoms with E-state index in [9.17, 15) is 10.2 Å². The molecule has 4 aromatic carbocycles. The van der Waals surface area contributed by atoms with Gasteiger partial charge in [-0.3, -0.25) is 0 Å². The Bertz CT molecular complexity index is 1050. The van der Waals surface area contributed by atoms with Gasteiger partial charge in [-0.15, -0.1) is 0 Å². The first-order valence-corrected chi connectivity index (χ1v) is 11.1. The number of para-hydroxylation sites is 2. The summed E-state index contributed by atoms with van der Waals surface area (Å²) >= 11 is 0. The third-order valence-electron chi connectivity index (χ3n) is 5.69. The first-order chi connectivity index (χ1) is 16.3. The molecular formula is C29H28O4. The molecule has 0 fully saturated rings. The highest BCUT2D eigenvalue weighted by molar-refractivity contribution is 5.65. The van der Waals surface area contributed by atoms with Crippen molar-refractivity contribution in [1.82, 2.24) is 0 Å². The molecule has 0 amide bonds. The highest BCUT2D eigenvalue weighted by Gasteiger charge is 2.42. The second kappa shape index (κ2) is 10.8. The first kappa shape index (κ1) is 22.6. The molecule has 0 radical (unpaired) electrons. The van der Waals surface area contributed by atoms with Crippen molar-refractivity contribution in [1.29, 1.82) is 0 Å². The molecule has 33 heavy (non-hydrogen) atoms. The highest BCUT2D eigenvalue weighted by Crippen LogP contribution is 2.50. The van der Waals surface area contributed by atoms with Crippen molar-refractivity contribution in [3.05, 3.63) is 131 Å². The Morgan fingerprint density at radius 3 is 1.24 bits per heavy atom. The maximum absolute atomic E-state index is 9.44. The summed E-state index contributed by atoms with van der Waals surface area (Å²) in [6.45, 7) is 0.237. The number of rotatable bonds is 10. The lowest BCUT2D eigenvalue weighted by atomic mass is 9.64. The van der Waals surface area contributed by atoms with Crippen LogP contribution in [0, 0.1) is 0 Å². The Hall–Kier alpha value is -3.60. The molecule has 0 atom stereocenters. The minimum Gasteiger partial charge on any atom is -0.491 e. The molecule has 0 saturated heterocycles. The fraction of sp³-hybridized carbons (Fsp3) is 0.172. The van der Waals surface area contributed by atoms with Crippen LogP contribution in [0.1, 0.15) is 22.3 Å². The SMILES string of the molecule is OCCOc1ccccc1C(c1ccccc1)(c1ccccc1)c1ccccc1OCCO. The summed E-state index contributed by atoms with van der Waals surface area (Å²) in [7, 11) is 0. The summed E-state index contributed by atoms with van der Waals surface area (Å²) in [5.74, 6) is 1.38. The number of benzene rings is 4. The second-order valence-corrected chi connectivity index (χ2v) is 7.62. The summed E-state index contributed by atoms with van der Waals surface area (Å²) in [5, 5.41) is 18.9. The van der Waals surface area contributed by atoms with Crippen molar-refractivity contribution < 1.29 is 19.7 Å². The average Bonchev–Trinajstić information content (AvgIpc) is 2.89. The van der Waals surface area contributed by atoms with Gasteiger partial charge in [0, 0.05) is 11.1 Å². The van der Waals surface area contributed by atoms with Crippen LogP contribution in [0.15, 0.2) is 109 Å². The smallest absolute Gasteiger partial charge is 0.124 e. The number of ether oxygens (including phenoxy) is 2. The predicted octanol–water partition coefficient (Wildman–Crippen LogP) is 4.81. The molecule has 2 N–H and O–H groups in total. The van der Waals surface area contributed by atoms with Crippen LogP contribution < -0.4 is 9.47 Å². The van der Waals surface area contributed by atoms with Crippen molar-refractivity contribution in [2.24, 2.45) is 0 Å². The molecule has 0 aliphatic carbocycles. The fourth-order valence-corrected chi connectivity index (χ4v) is 4.43. The molecule has 0 saturated carbocycles. The molecule has 0 unspecified atom stereocenters. The zero-order chi connectivity index (χ0) is 22.9. The van der Waals surface area contributed by atoms with E-state index in [2.05, 4.69) is 36.4 Å². The van der Waals surface area contributed by atoms with Crippen molar-refractivity contribution in [2.75, 3.05) is 26.4 Å². The normalized spacial score (nSPS) is 11.2. The van der Waals surface area contributed by atoms with Crippen molar-refractivity contribution >= 4 is 0 Å². The highest BCUT2D eigenvalue weighted by atomic mass is 16.5. The van der Waals surface area contributed by atoms with E-state index >= 15 is 0 Å². The quantitative estimate of drug-likeness (QED) is 0.348. The molecule has 4 rings (SSSR count). The fourth-order valence-electron chi connectivity index (χ4n) is 4.43. The average molecular weight is 441 g/mol. The van der Waals surface area contributed by atoms with Gasteiger partial charge in [0.1, 0.15) is 24.7 Å². The van der Waals surface area contributed by atoms with Gasteiger partial charge in [0.05, 0.1) is 18.6 Å². The molecule has 0 spiro atoms. The van der Waals surface area contributed by atoms with Crippen molar-refractivity contribution in [3.63, 3.8) is 0 Å². The first-order valence-electron chi connectivity index (χ1n) is 11.1. The summed E-state index contributed by atoms with van der Waals surface area (Å²) in [4.78, 5) is 0. The molecule has 4 heteroatoms. The summed E-state index contributed by atoms with van der Waals surface area (Å²) in [6.07, 6.45) is 0. The van der Waals surface area contributed by atoms with Gasteiger partial charge >= 0.3 is 0 Å². The summed E-state index contributed by atoms with van der Waals surface area (Å²) in [5.41, 5.74) is 3.22. The lowest BCUT2D eigenvalue weighted by molar-refractivity contribution is 0.197. The van der Waals surface area contributed by atoms with Gasteiger partial charge in [-0.2, -0.15) is 0 Å². The lowest BCUT2D eigenvalue weighted by Gasteiger charge is -2.38. The Kier molecular flexibility index (Phi) is 7.40. The zero-order valence-electron chi connectivity index (χ0n) is 18.4. The van der Waals surface area contributed by atoms with E-state index in [-0.39, 0.29) is 26.4 Å². The number of aliphatic hydroxyl groups is 2. The molecule has 168 valence electrons. The molecule has 4 aromatic rings. The van der Waals surface area contributed by atoms with Gasteiger partial charge in [0.25, 0.3) is 0 Å². The third kappa shape index (κ3) is 4.49. The van der Waals surface area contributed by atoms with Gasteiger partial charge in [-0.1, -0.05) is 97.1 Å². The van der Waals surface area contributed by atoms with E-state index < -0.39 is 5.41 Å². The minimum absolute atomic E-state index is 0.0752. The molecule has 4 nitrogen and oxygen atoms in total. The van der Waals surface area contributed by atoms with Gasteiger partial charge in [-0.25, -0.2) is 0 Å². The van der Waals surface area contributed by atoms with E-state index in [1.54, 1.807) is 0 Å². The Morgan fingerprint density at radius 2 is 0.848 bits per heavy atom. The molecule has 0 aromatic heterocycles. The van der Waals surface area contributed by atoms with E-state index in [0.717, 1.165) is 22.3 Å². The van der Waals surface area contributed by atoms with Crippen LogP contribution in [-0.4, -0.2) is 36.6 Å². The number of hydrogen-bond acceptors (Lipinski definition) is 4.